The van der Waals surface area contributed by atoms with Crippen molar-refractivity contribution in [2.75, 3.05) is 18.6 Å². The van der Waals surface area contributed by atoms with Gasteiger partial charge in [-0.3, -0.25) is 4.79 Å². The number of rotatable bonds is 2. The maximum absolute atomic E-state index is 11.9. The zero-order valence-corrected chi connectivity index (χ0v) is 8.64. The van der Waals surface area contributed by atoms with E-state index in [1.807, 2.05) is 36.4 Å². The van der Waals surface area contributed by atoms with Crippen LogP contribution in [-0.4, -0.2) is 19.6 Å². The summed E-state index contributed by atoms with van der Waals surface area (Å²) in [5.41, 5.74) is 0.874. The molecule has 15 heavy (non-hydrogen) atoms. The molecule has 0 N–H and O–H groups in total. The van der Waals surface area contributed by atoms with E-state index >= 15 is 0 Å². The van der Waals surface area contributed by atoms with E-state index in [4.69, 9.17) is 4.74 Å². The van der Waals surface area contributed by atoms with Crippen molar-refractivity contribution in [2.45, 2.75) is 6.42 Å². The van der Waals surface area contributed by atoms with Gasteiger partial charge < -0.3 is 9.64 Å². The first-order valence-electron chi connectivity index (χ1n) is 4.95. The molecule has 0 saturated heterocycles. The lowest BCUT2D eigenvalue weighted by atomic mass is 10.3. The van der Waals surface area contributed by atoms with Crippen molar-refractivity contribution < 1.29 is 9.53 Å². The normalized spacial score (nSPS) is 14.3. The minimum Gasteiger partial charge on any atom is -0.488 e. The number of likely N-dealkylation sites (N-methyl/N-ethyl adjacent to an activating group) is 1. The zero-order valence-electron chi connectivity index (χ0n) is 8.64. The first-order chi connectivity index (χ1) is 7.29. The van der Waals surface area contributed by atoms with Crippen LogP contribution in [0.3, 0.4) is 0 Å². The largest absolute Gasteiger partial charge is 0.488 e. The maximum Gasteiger partial charge on any atom is 0.292 e. The van der Waals surface area contributed by atoms with E-state index in [-0.39, 0.29) is 5.91 Å². The third-order valence-electron chi connectivity index (χ3n) is 2.36. The number of nitrogens with zero attached hydrogens (tertiary/aromatic N) is 1. The molecule has 1 aromatic carbocycles. The lowest BCUT2D eigenvalue weighted by molar-refractivity contribution is -0.117. The second-order valence-corrected chi connectivity index (χ2v) is 3.41. The standard InChI is InChI=1S/C12H13NO2/c1-13(10-6-3-2-4-7-10)12(14)11-8-5-9-15-11/h2-4,6-8H,5,9H2,1H3. The molecule has 0 radical (unpaired) electrons. The first kappa shape index (κ1) is 9.77. The van der Waals surface area contributed by atoms with Crippen LogP contribution in [0.4, 0.5) is 5.69 Å². The van der Waals surface area contributed by atoms with Crippen LogP contribution in [0.2, 0.25) is 0 Å². The van der Waals surface area contributed by atoms with E-state index in [1.165, 1.54) is 0 Å². The molecule has 0 aromatic heterocycles. The summed E-state index contributed by atoms with van der Waals surface area (Å²) in [6, 6.07) is 9.53. The van der Waals surface area contributed by atoms with Gasteiger partial charge in [0.25, 0.3) is 5.91 Å². The second kappa shape index (κ2) is 4.17. The molecule has 0 fully saturated rings. The van der Waals surface area contributed by atoms with E-state index in [0.717, 1.165) is 12.1 Å². The molecule has 0 saturated carbocycles. The smallest absolute Gasteiger partial charge is 0.292 e. The van der Waals surface area contributed by atoms with Crippen molar-refractivity contribution in [1.29, 1.82) is 0 Å². The molecule has 3 nitrogen and oxygen atoms in total. The Bertz CT molecular complexity index is 384. The van der Waals surface area contributed by atoms with Gasteiger partial charge in [0.15, 0.2) is 5.76 Å². The molecule has 1 aliphatic heterocycles. The Balaban J connectivity index is 2.14. The molecule has 0 aliphatic carbocycles. The van der Waals surface area contributed by atoms with Gasteiger partial charge in [-0.15, -0.1) is 0 Å². The molecule has 0 spiro atoms. The van der Waals surface area contributed by atoms with Gasteiger partial charge in [-0.05, 0) is 18.2 Å². The van der Waals surface area contributed by atoms with E-state index in [9.17, 15) is 4.79 Å². The van der Waals surface area contributed by atoms with Gasteiger partial charge >= 0.3 is 0 Å². The quantitative estimate of drug-likeness (QED) is 0.735. The lowest BCUT2D eigenvalue weighted by Crippen LogP contribution is -2.27. The Kier molecular flexibility index (Phi) is 2.72. The highest BCUT2D eigenvalue weighted by molar-refractivity contribution is 6.03. The highest BCUT2D eigenvalue weighted by Crippen LogP contribution is 2.17. The Morgan fingerprint density at radius 3 is 2.67 bits per heavy atom. The third kappa shape index (κ3) is 2.01. The number of hydrogen-bond donors (Lipinski definition) is 0. The van der Waals surface area contributed by atoms with Crippen molar-refractivity contribution in [1.82, 2.24) is 0 Å². The predicted molar refractivity (Wildman–Crippen MR) is 58.5 cm³/mol. The molecule has 0 atom stereocenters. The highest BCUT2D eigenvalue weighted by Gasteiger charge is 2.19. The number of carbonyl (C=O) groups is 1. The Labute approximate surface area is 89.0 Å². The SMILES string of the molecule is CN(C(=O)C1=CCCO1)c1ccccc1. The number of ether oxygens (including phenoxy) is 1. The van der Waals surface area contributed by atoms with Gasteiger partial charge in [0.2, 0.25) is 0 Å². The monoisotopic (exact) mass is 203 g/mol. The summed E-state index contributed by atoms with van der Waals surface area (Å²) in [4.78, 5) is 13.5. The van der Waals surface area contributed by atoms with E-state index in [2.05, 4.69) is 0 Å². The van der Waals surface area contributed by atoms with Gasteiger partial charge in [-0.2, -0.15) is 0 Å². The van der Waals surface area contributed by atoms with Crippen molar-refractivity contribution in [3.05, 3.63) is 42.2 Å². The fourth-order valence-corrected chi connectivity index (χ4v) is 1.50. The van der Waals surface area contributed by atoms with Gasteiger partial charge in [-0.25, -0.2) is 0 Å². The van der Waals surface area contributed by atoms with Crippen LogP contribution >= 0.6 is 0 Å². The second-order valence-electron chi connectivity index (χ2n) is 3.41. The summed E-state index contributed by atoms with van der Waals surface area (Å²) in [6.45, 7) is 0.615. The molecule has 2 rings (SSSR count). The summed E-state index contributed by atoms with van der Waals surface area (Å²) in [6.07, 6.45) is 2.66. The number of benzene rings is 1. The van der Waals surface area contributed by atoms with E-state index in [1.54, 1.807) is 11.9 Å². The van der Waals surface area contributed by atoms with Crippen LogP contribution in [0.25, 0.3) is 0 Å². The van der Waals surface area contributed by atoms with Crippen molar-refractivity contribution in [3.8, 4) is 0 Å². The predicted octanol–water partition coefficient (Wildman–Crippen LogP) is 1.95. The third-order valence-corrected chi connectivity index (χ3v) is 2.36. The maximum atomic E-state index is 11.9. The van der Waals surface area contributed by atoms with Crippen LogP contribution in [-0.2, 0) is 9.53 Å². The van der Waals surface area contributed by atoms with Crippen LogP contribution in [0, 0.1) is 0 Å². The molecular formula is C12H13NO2. The average molecular weight is 203 g/mol. The Hall–Kier alpha value is -1.77. The highest BCUT2D eigenvalue weighted by atomic mass is 16.5. The summed E-state index contributed by atoms with van der Waals surface area (Å²) in [7, 11) is 1.75. The van der Waals surface area contributed by atoms with Crippen molar-refractivity contribution in [2.24, 2.45) is 0 Å². The van der Waals surface area contributed by atoms with E-state index < -0.39 is 0 Å². The summed E-state index contributed by atoms with van der Waals surface area (Å²) < 4.78 is 5.23. The van der Waals surface area contributed by atoms with Crippen LogP contribution in [0.1, 0.15) is 6.42 Å². The minimum atomic E-state index is -0.0845. The lowest BCUT2D eigenvalue weighted by Gasteiger charge is -2.17. The summed E-state index contributed by atoms with van der Waals surface area (Å²) in [5, 5.41) is 0. The summed E-state index contributed by atoms with van der Waals surface area (Å²) >= 11 is 0. The molecule has 1 aliphatic rings. The van der Waals surface area contributed by atoms with Crippen molar-refractivity contribution in [3.63, 3.8) is 0 Å². The van der Waals surface area contributed by atoms with Gasteiger partial charge in [0.05, 0.1) is 6.61 Å². The number of carbonyl (C=O) groups excluding carboxylic acids is 1. The number of anilines is 1. The van der Waals surface area contributed by atoms with Gasteiger partial charge in [0, 0.05) is 19.2 Å². The molecule has 1 aromatic rings. The molecule has 0 bridgehead atoms. The topological polar surface area (TPSA) is 29.5 Å². The molecule has 1 amide bonds. The van der Waals surface area contributed by atoms with Gasteiger partial charge in [-0.1, -0.05) is 18.2 Å². The zero-order chi connectivity index (χ0) is 10.7. The average Bonchev–Trinajstić information content (AvgIpc) is 2.82. The van der Waals surface area contributed by atoms with Gasteiger partial charge in [0.1, 0.15) is 0 Å². The Morgan fingerprint density at radius 1 is 1.33 bits per heavy atom. The van der Waals surface area contributed by atoms with E-state index in [0.29, 0.717) is 12.4 Å². The van der Waals surface area contributed by atoms with Crippen LogP contribution < -0.4 is 4.90 Å². The van der Waals surface area contributed by atoms with Crippen molar-refractivity contribution >= 4 is 11.6 Å². The fraction of sp³-hybridized carbons (Fsp3) is 0.250. The Morgan fingerprint density at radius 2 is 2.07 bits per heavy atom. The number of para-hydroxylation sites is 1. The van der Waals surface area contributed by atoms with Crippen LogP contribution in [0.15, 0.2) is 42.2 Å². The molecular weight excluding hydrogens is 190 g/mol. The number of hydrogen-bond acceptors (Lipinski definition) is 2. The minimum absolute atomic E-state index is 0.0845. The summed E-state index contributed by atoms with van der Waals surface area (Å²) in [5.74, 6) is 0.375. The molecule has 3 heteroatoms. The molecule has 0 unspecified atom stereocenters. The number of amides is 1. The molecule has 78 valence electrons. The fourth-order valence-electron chi connectivity index (χ4n) is 1.50. The first-order valence-corrected chi connectivity index (χ1v) is 4.95. The molecule has 1 heterocycles. The van der Waals surface area contributed by atoms with Crippen LogP contribution in [0.5, 0.6) is 0 Å².